The van der Waals surface area contributed by atoms with E-state index in [0.29, 0.717) is 36.7 Å². The number of hydrogen-bond acceptors (Lipinski definition) is 5. The van der Waals surface area contributed by atoms with Crippen LogP contribution < -0.4 is 14.8 Å². The Balaban J connectivity index is 1.72. The number of ether oxygens (including phenoxy) is 2. The van der Waals surface area contributed by atoms with Crippen molar-refractivity contribution in [1.82, 2.24) is 9.80 Å². The maximum Gasteiger partial charge on any atom is 0.322 e. The van der Waals surface area contributed by atoms with E-state index in [2.05, 4.69) is 5.32 Å². The molecular weight excluding hydrogens is 474 g/mol. The third-order valence-corrected chi connectivity index (χ3v) is 6.75. The second kappa shape index (κ2) is 13.0. The summed E-state index contributed by atoms with van der Waals surface area (Å²) in [4.78, 5) is 31.0. The fraction of sp³-hybridized carbons (Fsp3) is 0.357. The summed E-state index contributed by atoms with van der Waals surface area (Å²) in [6.45, 7) is 6.82. The van der Waals surface area contributed by atoms with Gasteiger partial charge < -0.3 is 24.6 Å². The molecule has 0 radical (unpaired) electrons. The second-order valence-electron chi connectivity index (χ2n) is 8.85. The van der Waals surface area contributed by atoms with Crippen LogP contribution in [0.3, 0.4) is 0 Å². The molecule has 8 heteroatoms. The van der Waals surface area contributed by atoms with E-state index in [0.717, 1.165) is 16.0 Å². The largest absolute Gasteiger partial charge is 0.493 e. The van der Waals surface area contributed by atoms with Crippen LogP contribution in [-0.4, -0.2) is 55.1 Å². The van der Waals surface area contributed by atoms with E-state index in [1.54, 1.807) is 30.5 Å². The van der Waals surface area contributed by atoms with Crippen LogP contribution in [0.4, 0.5) is 10.5 Å². The predicted octanol–water partition coefficient (Wildman–Crippen LogP) is 5.59. The number of amides is 3. The van der Waals surface area contributed by atoms with Gasteiger partial charge in [-0.2, -0.15) is 0 Å². The summed E-state index contributed by atoms with van der Waals surface area (Å²) in [7, 11) is 3.21. The summed E-state index contributed by atoms with van der Waals surface area (Å²) in [6.07, 6.45) is 0.648. The summed E-state index contributed by atoms with van der Waals surface area (Å²) in [5.74, 6) is 1.22. The topological polar surface area (TPSA) is 71.1 Å². The number of aryl methyl sites for hydroxylation is 1. The number of anilines is 1. The summed E-state index contributed by atoms with van der Waals surface area (Å²) in [5.41, 5.74) is 2.85. The number of thiophene rings is 1. The highest BCUT2D eigenvalue weighted by Crippen LogP contribution is 2.28. The van der Waals surface area contributed by atoms with Crippen molar-refractivity contribution in [2.24, 2.45) is 0 Å². The average molecular weight is 510 g/mol. The number of nitrogens with one attached hydrogen (secondary N) is 1. The lowest BCUT2D eigenvalue weighted by atomic mass is 10.1. The highest BCUT2D eigenvalue weighted by Gasteiger charge is 2.24. The Morgan fingerprint density at radius 1 is 1.00 bits per heavy atom. The SMILES string of the molecule is COc1ccc(CCN(Cc2cccs2)C(=O)CN(C(=O)Nc2ccc(C)cc2)C(C)C)cc1OC. The van der Waals surface area contributed by atoms with Crippen LogP contribution in [-0.2, 0) is 17.8 Å². The lowest BCUT2D eigenvalue weighted by molar-refractivity contribution is -0.132. The summed E-state index contributed by atoms with van der Waals surface area (Å²) in [5, 5.41) is 4.92. The van der Waals surface area contributed by atoms with Crippen molar-refractivity contribution in [1.29, 1.82) is 0 Å². The molecule has 0 fully saturated rings. The van der Waals surface area contributed by atoms with Crippen molar-refractivity contribution in [3.05, 3.63) is 76.0 Å². The van der Waals surface area contributed by atoms with Crippen molar-refractivity contribution >= 4 is 29.0 Å². The zero-order chi connectivity index (χ0) is 26.1. The number of benzene rings is 2. The maximum atomic E-state index is 13.5. The van der Waals surface area contributed by atoms with Gasteiger partial charge in [-0.25, -0.2) is 4.79 Å². The molecule has 1 N–H and O–H groups in total. The van der Waals surface area contributed by atoms with Crippen LogP contribution in [0.1, 0.15) is 29.9 Å². The number of rotatable bonds is 11. The van der Waals surface area contributed by atoms with Crippen molar-refractivity contribution in [2.75, 3.05) is 32.6 Å². The predicted molar refractivity (Wildman–Crippen MR) is 145 cm³/mol. The normalized spacial score (nSPS) is 10.7. The second-order valence-corrected chi connectivity index (χ2v) is 9.88. The van der Waals surface area contributed by atoms with Gasteiger partial charge in [-0.15, -0.1) is 11.3 Å². The Hall–Kier alpha value is -3.52. The van der Waals surface area contributed by atoms with E-state index in [1.807, 2.05) is 85.6 Å². The smallest absolute Gasteiger partial charge is 0.322 e. The van der Waals surface area contributed by atoms with Gasteiger partial charge in [0.1, 0.15) is 6.54 Å². The summed E-state index contributed by atoms with van der Waals surface area (Å²) >= 11 is 1.61. The molecule has 0 atom stereocenters. The molecular formula is C28H35N3O4S. The van der Waals surface area contributed by atoms with Gasteiger partial charge in [0.05, 0.1) is 20.8 Å². The van der Waals surface area contributed by atoms with Crippen molar-refractivity contribution < 1.29 is 19.1 Å². The van der Waals surface area contributed by atoms with Gasteiger partial charge in [-0.3, -0.25) is 4.79 Å². The molecule has 1 aromatic heterocycles. The first-order valence-electron chi connectivity index (χ1n) is 12.0. The monoisotopic (exact) mass is 509 g/mol. The number of methoxy groups -OCH3 is 2. The Morgan fingerprint density at radius 3 is 2.33 bits per heavy atom. The number of carbonyl (C=O) groups is 2. The molecule has 3 rings (SSSR count). The zero-order valence-electron chi connectivity index (χ0n) is 21.6. The van der Waals surface area contributed by atoms with Gasteiger partial charge in [0.25, 0.3) is 0 Å². The highest BCUT2D eigenvalue weighted by molar-refractivity contribution is 7.09. The van der Waals surface area contributed by atoms with E-state index in [1.165, 1.54) is 0 Å². The highest BCUT2D eigenvalue weighted by atomic mass is 32.1. The first kappa shape index (κ1) is 27.1. The molecule has 3 aromatic rings. The van der Waals surface area contributed by atoms with Gasteiger partial charge in [0.2, 0.25) is 5.91 Å². The fourth-order valence-corrected chi connectivity index (χ4v) is 4.47. The molecule has 192 valence electrons. The van der Waals surface area contributed by atoms with Gasteiger partial charge >= 0.3 is 6.03 Å². The number of carbonyl (C=O) groups excluding carboxylic acids is 2. The molecule has 36 heavy (non-hydrogen) atoms. The number of hydrogen-bond donors (Lipinski definition) is 1. The summed E-state index contributed by atoms with van der Waals surface area (Å²) in [6, 6.07) is 16.9. The zero-order valence-corrected chi connectivity index (χ0v) is 22.4. The number of urea groups is 1. The minimum atomic E-state index is -0.293. The molecule has 0 bridgehead atoms. The quantitative estimate of drug-likeness (QED) is 0.366. The molecule has 0 spiro atoms. The molecule has 2 aromatic carbocycles. The molecule has 0 aliphatic heterocycles. The molecule has 1 heterocycles. The Bertz CT molecular complexity index is 1130. The van der Waals surface area contributed by atoms with Crippen LogP contribution >= 0.6 is 11.3 Å². The van der Waals surface area contributed by atoms with Crippen LogP contribution in [0.5, 0.6) is 11.5 Å². The van der Waals surface area contributed by atoms with E-state index < -0.39 is 0 Å². The van der Waals surface area contributed by atoms with Crippen LogP contribution in [0.2, 0.25) is 0 Å². The van der Waals surface area contributed by atoms with E-state index in [9.17, 15) is 9.59 Å². The molecule has 0 saturated heterocycles. The third-order valence-electron chi connectivity index (χ3n) is 5.89. The van der Waals surface area contributed by atoms with Gasteiger partial charge in [-0.1, -0.05) is 29.8 Å². The number of nitrogens with zero attached hydrogens (tertiary/aromatic N) is 2. The molecule has 7 nitrogen and oxygen atoms in total. The van der Waals surface area contributed by atoms with E-state index in [-0.39, 0.29) is 24.5 Å². The Kier molecular flexibility index (Phi) is 9.76. The van der Waals surface area contributed by atoms with E-state index in [4.69, 9.17) is 9.47 Å². The third kappa shape index (κ3) is 7.49. The fourth-order valence-electron chi connectivity index (χ4n) is 3.75. The van der Waals surface area contributed by atoms with Crippen LogP contribution in [0, 0.1) is 6.92 Å². The van der Waals surface area contributed by atoms with Crippen LogP contribution in [0.25, 0.3) is 0 Å². The van der Waals surface area contributed by atoms with Gasteiger partial charge in [-0.05, 0) is 68.5 Å². The van der Waals surface area contributed by atoms with Crippen molar-refractivity contribution in [3.8, 4) is 11.5 Å². The molecule has 0 saturated carbocycles. The minimum absolute atomic E-state index is 0.00727. The first-order chi connectivity index (χ1) is 17.3. The van der Waals surface area contributed by atoms with Crippen molar-refractivity contribution in [3.63, 3.8) is 0 Å². The lowest BCUT2D eigenvalue weighted by Crippen LogP contribution is -2.47. The molecule has 0 unspecified atom stereocenters. The van der Waals surface area contributed by atoms with E-state index >= 15 is 0 Å². The lowest BCUT2D eigenvalue weighted by Gasteiger charge is -2.30. The molecule has 3 amide bonds. The Morgan fingerprint density at radius 2 is 1.72 bits per heavy atom. The average Bonchev–Trinajstić information content (AvgIpc) is 3.39. The molecule has 0 aliphatic carbocycles. The van der Waals surface area contributed by atoms with Gasteiger partial charge in [0.15, 0.2) is 11.5 Å². The van der Waals surface area contributed by atoms with Crippen LogP contribution in [0.15, 0.2) is 60.0 Å². The Labute approximate surface area is 217 Å². The van der Waals surface area contributed by atoms with Crippen molar-refractivity contribution in [2.45, 2.75) is 39.8 Å². The minimum Gasteiger partial charge on any atom is -0.493 e. The summed E-state index contributed by atoms with van der Waals surface area (Å²) < 4.78 is 10.8. The first-order valence-corrected chi connectivity index (χ1v) is 12.8. The standard InChI is InChI=1S/C28H35N3O4S/c1-20(2)31(28(33)29-23-11-8-21(3)9-12-23)19-27(32)30(18-24-7-6-16-36-24)15-14-22-10-13-25(34-4)26(17-22)35-5/h6-13,16-17,20H,14-15,18-19H2,1-5H3,(H,29,33). The maximum absolute atomic E-state index is 13.5. The molecule has 0 aliphatic rings. The van der Waals surface area contributed by atoms with Gasteiger partial charge in [0, 0.05) is 23.2 Å².